The highest BCUT2D eigenvalue weighted by molar-refractivity contribution is 5.91. The van der Waals surface area contributed by atoms with Crippen molar-refractivity contribution in [3.8, 4) is 0 Å². The topological polar surface area (TPSA) is 46.1 Å². The van der Waals surface area contributed by atoms with Crippen LogP contribution in [0.5, 0.6) is 0 Å². The summed E-state index contributed by atoms with van der Waals surface area (Å²) in [5.74, 6) is 0.804. The van der Waals surface area contributed by atoms with E-state index in [1.54, 1.807) is 24.4 Å². The highest BCUT2D eigenvalue weighted by atomic mass is 16.2. The first-order valence-electron chi connectivity index (χ1n) is 6.02. The second kappa shape index (κ2) is 5.57. The summed E-state index contributed by atoms with van der Waals surface area (Å²) < 4.78 is 0. The van der Waals surface area contributed by atoms with Crippen molar-refractivity contribution in [2.45, 2.75) is 26.2 Å². The molecule has 1 fully saturated rings. The third-order valence-electron chi connectivity index (χ3n) is 2.86. The summed E-state index contributed by atoms with van der Waals surface area (Å²) in [4.78, 5) is 22.0. The number of aromatic nitrogens is 2. The van der Waals surface area contributed by atoms with Gasteiger partial charge >= 0.3 is 0 Å². The Bertz CT molecular complexity index is 422. The number of piperidine rings is 1. The Labute approximate surface area is 101 Å². The molecule has 0 radical (unpaired) electrons. The minimum atomic E-state index is 0.0842. The molecule has 0 bridgehead atoms. The van der Waals surface area contributed by atoms with Crippen LogP contribution < -0.4 is 0 Å². The van der Waals surface area contributed by atoms with Gasteiger partial charge in [0.05, 0.1) is 5.69 Å². The van der Waals surface area contributed by atoms with Crippen molar-refractivity contribution in [1.29, 1.82) is 0 Å². The van der Waals surface area contributed by atoms with Crippen molar-refractivity contribution in [2.24, 2.45) is 0 Å². The number of nitrogens with zero attached hydrogens (tertiary/aromatic N) is 3. The maximum absolute atomic E-state index is 11.9. The monoisotopic (exact) mass is 231 g/mol. The van der Waals surface area contributed by atoms with Gasteiger partial charge in [0, 0.05) is 25.4 Å². The summed E-state index contributed by atoms with van der Waals surface area (Å²) in [7, 11) is 0. The lowest BCUT2D eigenvalue weighted by molar-refractivity contribution is -0.126. The molecule has 1 aromatic rings. The second-order valence-corrected chi connectivity index (χ2v) is 4.25. The zero-order valence-corrected chi connectivity index (χ0v) is 10.1. The van der Waals surface area contributed by atoms with Gasteiger partial charge in [-0.3, -0.25) is 4.79 Å². The molecule has 2 heterocycles. The molecule has 0 saturated carbocycles. The van der Waals surface area contributed by atoms with E-state index < -0.39 is 0 Å². The molecule has 0 unspecified atom stereocenters. The Balaban J connectivity index is 1.97. The van der Waals surface area contributed by atoms with Gasteiger partial charge < -0.3 is 4.90 Å². The fourth-order valence-electron chi connectivity index (χ4n) is 1.94. The van der Waals surface area contributed by atoms with Crippen LogP contribution >= 0.6 is 0 Å². The van der Waals surface area contributed by atoms with E-state index in [0.29, 0.717) is 0 Å². The van der Waals surface area contributed by atoms with E-state index in [-0.39, 0.29) is 5.91 Å². The molecule has 0 aliphatic carbocycles. The summed E-state index contributed by atoms with van der Waals surface area (Å²) in [5.41, 5.74) is 0.780. The number of rotatable bonds is 2. The number of carbonyl (C=O) groups excluding carboxylic acids is 1. The highest BCUT2D eigenvalue weighted by Gasteiger charge is 2.13. The molecule has 0 N–H and O–H groups in total. The van der Waals surface area contributed by atoms with E-state index in [2.05, 4.69) is 9.97 Å². The Morgan fingerprint density at radius 1 is 1.35 bits per heavy atom. The highest BCUT2D eigenvalue weighted by Crippen LogP contribution is 2.09. The number of amides is 1. The molecule has 1 aliphatic heterocycles. The lowest BCUT2D eigenvalue weighted by atomic mass is 10.1. The van der Waals surface area contributed by atoms with Gasteiger partial charge in [0.25, 0.3) is 0 Å². The third-order valence-corrected chi connectivity index (χ3v) is 2.86. The van der Waals surface area contributed by atoms with Crippen LogP contribution in [-0.4, -0.2) is 33.9 Å². The van der Waals surface area contributed by atoms with Gasteiger partial charge in [-0.05, 0) is 38.3 Å². The van der Waals surface area contributed by atoms with Crippen molar-refractivity contribution in [1.82, 2.24) is 14.9 Å². The van der Waals surface area contributed by atoms with Crippen molar-refractivity contribution in [2.75, 3.05) is 13.1 Å². The first-order chi connectivity index (χ1) is 8.25. The standard InChI is InChI=1S/C13H17N3O/c1-11-14-8-7-12(15-11)5-6-13(17)16-9-3-2-4-10-16/h5-8H,2-4,9-10H2,1H3/b6-5+. The molecule has 1 aliphatic rings. The predicted molar refractivity (Wildman–Crippen MR) is 66.2 cm³/mol. The average Bonchev–Trinajstić information content (AvgIpc) is 2.37. The van der Waals surface area contributed by atoms with Gasteiger partial charge in [0.1, 0.15) is 5.82 Å². The molecule has 0 atom stereocenters. The Morgan fingerprint density at radius 3 is 2.82 bits per heavy atom. The van der Waals surface area contributed by atoms with Crippen LogP contribution in [0.15, 0.2) is 18.3 Å². The zero-order valence-electron chi connectivity index (χ0n) is 10.1. The second-order valence-electron chi connectivity index (χ2n) is 4.25. The smallest absolute Gasteiger partial charge is 0.246 e. The summed E-state index contributed by atoms with van der Waals surface area (Å²) >= 11 is 0. The predicted octanol–water partition coefficient (Wildman–Crippen LogP) is 1.81. The van der Waals surface area contributed by atoms with Crippen molar-refractivity contribution in [3.05, 3.63) is 29.9 Å². The van der Waals surface area contributed by atoms with Crippen LogP contribution in [0, 0.1) is 6.92 Å². The molecule has 90 valence electrons. The molecule has 2 rings (SSSR count). The van der Waals surface area contributed by atoms with Gasteiger partial charge in [-0.25, -0.2) is 9.97 Å². The molecule has 17 heavy (non-hydrogen) atoms. The van der Waals surface area contributed by atoms with Gasteiger partial charge in [-0.2, -0.15) is 0 Å². The largest absolute Gasteiger partial charge is 0.339 e. The molecule has 1 amide bonds. The fraction of sp³-hybridized carbons (Fsp3) is 0.462. The maximum atomic E-state index is 11.9. The van der Waals surface area contributed by atoms with E-state index >= 15 is 0 Å². The molecular weight excluding hydrogens is 214 g/mol. The molecule has 0 aromatic carbocycles. The lowest BCUT2D eigenvalue weighted by Crippen LogP contribution is -2.34. The van der Waals surface area contributed by atoms with E-state index in [9.17, 15) is 4.79 Å². The molecular formula is C13H17N3O. The Hall–Kier alpha value is -1.71. The minimum absolute atomic E-state index is 0.0842. The van der Waals surface area contributed by atoms with Gasteiger partial charge in [0.2, 0.25) is 5.91 Å². The number of carbonyl (C=O) groups is 1. The molecule has 1 aromatic heterocycles. The van der Waals surface area contributed by atoms with Crippen LogP contribution in [0.25, 0.3) is 6.08 Å². The van der Waals surface area contributed by atoms with Gasteiger partial charge in [-0.15, -0.1) is 0 Å². The van der Waals surface area contributed by atoms with Gasteiger partial charge in [-0.1, -0.05) is 0 Å². The zero-order chi connectivity index (χ0) is 12.1. The van der Waals surface area contributed by atoms with Crippen LogP contribution in [0.3, 0.4) is 0 Å². The summed E-state index contributed by atoms with van der Waals surface area (Å²) in [6, 6.07) is 1.80. The molecule has 4 nitrogen and oxygen atoms in total. The first-order valence-corrected chi connectivity index (χ1v) is 6.02. The fourth-order valence-corrected chi connectivity index (χ4v) is 1.94. The molecule has 1 saturated heterocycles. The van der Waals surface area contributed by atoms with Crippen molar-refractivity contribution < 1.29 is 4.79 Å². The third kappa shape index (κ3) is 3.37. The summed E-state index contributed by atoms with van der Waals surface area (Å²) in [6.07, 6.45) is 8.53. The van der Waals surface area contributed by atoms with Gasteiger partial charge in [0.15, 0.2) is 0 Å². The van der Waals surface area contributed by atoms with E-state index in [1.807, 2.05) is 11.8 Å². The molecule has 4 heteroatoms. The van der Waals surface area contributed by atoms with E-state index in [4.69, 9.17) is 0 Å². The SMILES string of the molecule is Cc1nccc(/C=C/C(=O)N2CCCCC2)n1. The number of hydrogen-bond donors (Lipinski definition) is 0. The number of hydrogen-bond acceptors (Lipinski definition) is 3. The average molecular weight is 231 g/mol. The summed E-state index contributed by atoms with van der Waals surface area (Å²) in [5, 5.41) is 0. The normalized spacial score (nSPS) is 16.4. The Morgan fingerprint density at radius 2 is 2.12 bits per heavy atom. The van der Waals surface area contributed by atoms with Crippen LogP contribution in [0.2, 0.25) is 0 Å². The quantitative estimate of drug-likeness (QED) is 0.729. The number of likely N-dealkylation sites (tertiary alicyclic amines) is 1. The van der Waals surface area contributed by atoms with Crippen LogP contribution in [-0.2, 0) is 4.79 Å². The maximum Gasteiger partial charge on any atom is 0.246 e. The van der Waals surface area contributed by atoms with Crippen LogP contribution in [0.1, 0.15) is 30.8 Å². The minimum Gasteiger partial charge on any atom is -0.339 e. The van der Waals surface area contributed by atoms with E-state index in [0.717, 1.165) is 37.4 Å². The lowest BCUT2D eigenvalue weighted by Gasteiger charge is -2.25. The number of aryl methyl sites for hydroxylation is 1. The molecule has 0 spiro atoms. The van der Waals surface area contributed by atoms with Crippen molar-refractivity contribution in [3.63, 3.8) is 0 Å². The van der Waals surface area contributed by atoms with E-state index in [1.165, 1.54) is 6.42 Å². The first kappa shape index (κ1) is 11.8. The Kier molecular flexibility index (Phi) is 3.85. The summed E-state index contributed by atoms with van der Waals surface area (Å²) in [6.45, 7) is 3.60. The van der Waals surface area contributed by atoms with Crippen molar-refractivity contribution >= 4 is 12.0 Å². The van der Waals surface area contributed by atoms with Crippen LogP contribution in [0.4, 0.5) is 0 Å².